The fraction of sp³-hybridized carbons (Fsp3) is 0.647. The van der Waals surface area contributed by atoms with E-state index in [1.165, 1.54) is 0 Å². The molecule has 0 heterocycles. The quantitative estimate of drug-likeness (QED) is 0.0789. The normalized spacial score (nSPS) is 14.3. The van der Waals surface area contributed by atoms with Gasteiger partial charge in [-0.25, -0.2) is 4.79 Å². The van der Waals surface area contributed by atoms with Gasteiger partial charge in [-0.05, 0) is 25.8 Å². The number of hydrogen-bond acceptors (Lipinski definition) is 9. The number of carboxylic acids is 3. The number of nitrogens with one attached hydrogen (secondary N) is 3. The lowest BCUT2D eigenvalue weighted by atomic mass is 10.1. The van der Waals surface area contributed by atoms with E-state index in [0.29, 0.717) is 19.4 Å². The van der Waals surface area contributed by atoms with Gasteiger partial charge in [0, 0.05) is 5.75 Å². The van der Waals surface area contributed by atoms with Gasteiger partial charge in [-0.1, -0.05) is 0 Å². The molecule has 0 aromatic carbocycles. The number of aliphatic carboxylic acids is 3. The lowest BCUT2D eigenvalue weighted by molar-refractivity contribution is -0.147. The zero-order valence-corrected chi connectivity index (χ0v) is 18.0. The highest BCUT2D eigenvalue weighted by atomic mass is 32.1. The minimum absolute atomic E-state index is 0.103. The molecular formula is C17H29N5O9S. The summed E-state index contributed by atoms with van der Waals surface area (Å²) in [7, 11) is 0. The minimum Gasteiger partial charge on any atom is -0.481 e. The molecule has 15 heteroatoms. The molecule has 182 valence electrons. The molecule has 0 radical (unpaired) electrons. The SMILES string of the molecule is NCCCCC(NC(=O)C(N)CC(=O)O)C(=O)NC(CS)C(=O)NC(CC(=O)O)C(=O)O. The Morgan fingerprint density at radius 3 is 1.72 bits per heavy atom. The molecular weight excluding hydrogens is 450 g/mol. The fourth-order valence-corrected chi connectivity index (χ4v) is 2.69. The number of rotatable bonds is 16. The van der Waals surface area contributed by atoms with Crippen molar-refractivity contribution in [1.29, 1.82) is 0 Å². The van der Waals surface area contributed by atoms with Gasteiger partial charge in [0.25, 0.3) is 0 Å². The molecule has 32 heavy (non-hydrogen) atoms. The number of amides is 3. The number of hydrogen-bond donors (Lipinski definition) is 9. The van der Waals surface area contributed by atoms with Crippen LogP contribution in [-0.4, -0.2) is 87.4 Å². The molecule has 0 spiro atoms. The Labute approximate surface area is 188 Å². The zero-order valence-electron chi connectivity index (χ0n) is 17.2. The summed E-state index contributed by atoms with van der Waals surface area (Å²) in [6.45, 7) is 0.322. The molecule has 14 nitrogen and oxygen atoms in total. The van der Waals surface area contributed by atoms with Crippen molar-refractivity contribution in [1.82, 2.24) is 16.0 Å². The first kappa shape index (κ1) is 29.1. The number of nitrogens with two attached hydrogens (primary N) is 2. The van der Waals surface area contributed by atoms with Crippen LogP contribution in [0.4, 0.5) is 0 Å². The first-order valence-electron chi connectivity index (χ1n) is 9.56. The Morgan fingerprint density at radius 2 is 1.25 bits per heavy atom. The van der Waals surface area contributed by atoms with Crippen LogP contribution in [0.5, 0.6) is 0 Å². The highest BCUT2D eigenvalue weighted by Crippen LogP contribution is 2.04. The Balaban J connectivity index is 5.27. The molecule has 0 saturated heterocycles. The van der Waals surface area contributed by atoms with Crippen molar-refractivity contribution in [3.63, 3.8) is 0 Å². The zero-order chi connectivity index (χ0) is 24.8. The monoisotopic (exact) mass is 479 g/mol. The van der Waals surface area contributed by atoms with Crippen LogP contribution >= 0.6 is 12.6 Å². The van der Waals surface area contributed by atoms with Crippen molar-refractivity contribution >= 4 is 48.3 Å². The molecule has 3 amide bonds. The van der Waals surface area contributed by atoms with Crippen LogP contribution < -0.4 is 27.4 Å². The van der Waals surface area contributed by atoms with Gasteiger partial charge in [0.1, 0.15) is 18.1 Å². The number of carbonyl (C=O) groups excluding carboxylic acids is 3. The van der Waals surface area contributed by atoms with Gasteiger partial charge in [-0.15, -0.1) is 0 Å². The average molecular weight is 480 g/mol. The maximum atomic E-state index is 12.7. The molecule has 0 aromatic rings. The summed E-state index contributed by atoms with van der Waals surface area (Å²) in [5.74, 6) is -7.31. The molecule has 0 bridgehead atoms. The summed E-state index contributed by atoms with van der Waals surface area (Å²) in [6, 6.07) is -5.66. The van der Waals surface area contributed by atoms with E-state index in [0.717, 1.165) is 0 Å². The minimum atomic E-state index is -1.73. The van der Waals surface area contributed by atoms with Crippen LogP contribution in [0.15, 0.2) is 0 Å². The Kier molecular flexibility index (Phi) is 13.6. The maximum Gasteiger partial charge on any atom is 0.326 e. The van der Waals surface area contributed by atoms with Crippen LogP contribution in [0, 0.1) is 0 Å². The molecule has 0 aliphatic carbocycles. The van der Waals surface area contributed by atoms with Crippen LogP contribution in [-0.2, 0) is 28.8 Å². The molecule has 0 aromatic heterocycles. The highest BCUT2D eigenvalue weighted by molar-refractivity contribution is 7.80. The largest absolute Gasteiger partial charge is 0.481 e. The van der Waals surface area contributed by atoms with Gasteiger partial charge in [0.15, 0.2) is 0 Å². The summed E-state index contributed by atoms with van der Waals surface area (Å²) in [5.41, 5.74) is 10.9. The van der Waals surface area contributed by atoms with Gasteiger partial charge >= 0.3 is 17.9 Å². The summed E-state index contributed by atoms with van der Waals surface area (Å²) in [6.07, 6.45) is -0.502. The van der Waals surface area contributed by atoms with E-state index in [1.54, 1.807) is 0 Å². The van der Waals surface area contributed by atoms with Crippen molar-refractivity contribution in [3.05, 3.63) is 0 Å². The lowest BCUT2D eigenvalue weighted by Crippen LogP contribution is -2.57. The average Bonchev–Trinajstić information content (AvgIpc) is 2.69. The topological polar surface area (TPSA) is 251 Å². The third-order valence-electron chi connectivity index (χ3n) is 4.12. The second-order valence-corrected chi connectivity index (χ2v) is 7.16. The van der Waals surface area contributed by atoms with Crippen molar-refractivity contribution < 1.29 is 44.1 Å². The Morgan fingerprint density at radius 1 is 0.750 bits per heavy atom. The van der Waals surface area contributed by atoms with Crippen LogP contribution in [0.1, 0.15) is 32.1 Å². The third kappa shape index (κ3) is 11.5. The van der Waals surface area contributed by atoms with Crippen molar-refractivity contribution in [2.45, 2.75) is 56.3 Å². The Hall–Kier alpha value is -2.91. The third-order valence-corrected chi connectivity index (χ3v) is 4.49. The van der Waals surface area contributed by atoms with Gasteiger partial charge in [0.05, 0.1) is 18.9 Å². The molecule has 0 aliphatic heterocycles. The lowest BCUT2D eigenvalue weighted by Gasteiger charge is -2.24. The van der Waals surface area contributed by atoms with Crippen LogP contribution in [0.25, 0.3) is 0 Å². The summed E-state index contributed by atoms with van der Waals surface area (Å²) in [4.78, 5) is 69.7. The van der Waals surface area contributed by atoms with E-state index in [-0.39, 0.29) is 12.2 Å². The molecule has 0 saturated carbocycles. The molecule has 0 aliphatic rings. The molecule has 0 fully saturated rings. The second-order valence-electron chi connectivity index (χ2n) is 6.79. The van der Waals surface area contributed by atoms with E-state index < -0.39 is 72.6 Å². The van der Waals surface area contributed by atoms with Gasteiger partial charge in [-0.2, -0.15) is 12.6 Å². The standard InChI is InChI=1S/C17H29N5O9S/c18-4-2-1-3-9(20-14(27)8(19)5-12(23)24)15(28)22-11(7-32)16(29)21-10(17(30)31)6-13(25)26/h8-11,32H,1-7,18-19H2,(H,20,27)(H,21,29)(H,22,28)(H,23,24)(H,25,26)(H,30,31). The highest BCUT2D eigenvalue weighted by Gasteiger charge is 2.30. The smallest absolute Gasteiger partial charge is 0.326 e. The van der Waals surface area contributed by atoms with Crippen molar-refractivity contribution in [3.8, 4) is 0 Å². The number of carboxylic acid groups (broad SMARTS) is 3. The predicted octanol–water partition coefficient (Wildman–Crippen LogP) is -3.14. The fourth-order valence-electron chi connectivity index (χ4n) is 2.43. The van der Waals surface area contributed by atoms with E-state index in [9.17, 15) is 28.8 Å². The van der Waals surface area contributed by atoms with Gasteiger partial charge in [-0.3, -0.25) is 24.0 Å². The van der Waals surface area contributed by atoms with Crippen molar-refractivity contribution in [2.24, 2.45) is 11.5 Å². The van der Waals surface area contributed by atoms with E-state index in [4.69, 9.17) is 26.8 Å². The van der Waals surface area contributed by atoms with Crippen molar-refractivity contribution in [2.75, 3.05) is 12.3 Å². The van der Waals surface area contributed by atoms with Crippen LogP contribution in [0.2, 0.25) is 0 Å². The Bertz CT molecular complexity index is 706. The summed E-state index contributed by atoms with van der Waals surface area (Å²) in [5, 5.41) is 33.2. The molecule has 4 unspecified atom stereocenters. The van der Waals surface area contributed by atoms with Gasteiger partial charge in [0.2, 0.25) is 17.7 Å². The number of carbonyl (C=O) groups is 6. The van der Waals surface area contributed by atoms with Crippen LogP contribution in [0.3, 0.4) is 0 Å². The molecule has 0 rings (SSSR count). The van der Waals surface area contributed by atoms with E-state index >= 15 is 0 Å². The number of thiol groups is 1. The predicted molar refractivity (Wildman–Crippen MR) is 113 cm³/mol. The van der Waals surface area contributed by atoms with E-state index in [1.807, 2.05) is 5.32 Å². The summed E-state index contributed by atoms with van der Waals surface area (Å²) >= 11 is 3.94. The second kappa shape index (κ2) is 15.0. The maximum absolute atomic E-state index is 12.7. The first-order valence-corrected chi connectivity index (χ1v) is 10.2. The first-order chi connectivity index (χ1) is 14.9. The molecule has 4 atom stereocenters. The summed E-state index contributed by atoms with van der Waals surface area (Å²) < 4.78 is 0. The van der Waals surface area contributed by atoms with Gasteiger partial charge < -0.3 is 42.7 Å². The number of unbranched alkanes of at least 4 members (excludes halogenated alkanes) is 1. The van der Waals surface area contributed by atoms with E-state index in [2.05, 4.69) is 23.3 Å². The molecule has 10 N–H and O–H groups in total.